The third kappa shape index (κ3) is 3.90. The Labute approximate surface area is 129 Å². The van der Waals surface area contributed by atoms with Crippen molar-refractivity contribution < 1.29 is 23.8 Å². The Morgan fingerprint density at radius 3 is 2.68 bits per heavy atom. The lowest BCUT2D eigenvalue weighted by Gasteiger charge is -2.26. The molecular formula is C16H21NO5. The highest BCUT2D eigenvalue weighted by molar-refractivity contribution is 5.95. The molecule has 1 heterocycles. The van der Waals surface area contributed by atoms with Crippen LogP contribution in [0, 0.1) is 0 Å². The van der Waals surface area contributed by atoms with Crippen LogP contribution in [0.25, 0.3) is 0 Å². The highest BCUT2D eigenvalue weighted by Crippen LogP contribution is 2.33. The SMILES string of the molecule is CCOC(=O)C1COc2cc(C(=O)NC(C)(C)C)ccc2O1. The Kier molecular flexibility index (Phi) is 4.59. The van der Waals surface area contributed by atoms with E-state index >= 15 is 0 Å². The molecule has 1 aliphatic heterocycles. The second-order valence-electron chi connectivity index (χ2n) is 6.04. The predicted octanol–water partition coefficient (Wildman–Crippen LogP) is 1.92. The summed E-state index contributed by atoms with van der Waals surface area (Å²) >= 11 is 0. The Bertz CT molecular complexity index is 576. The van der Waals surface area contributed by atoms with Crippen molar-refractivity contribution in [1.82, 2.24) is 5.32 Å². The van der Waals surface area contributed by atoms with Gasteiger partial charge in [0, 0.05) is 11.1 Å². The molecule has 1 N–H and O–H groups in total. The van der Waals surface area contributed by atoms with Crippen LogP contribution in [-0.4, -0.2) is 36.7 Å². The molecule has 0 saturated heterocycles. The van der Waals surface area contributed by atoms with E-state index in [1.165, 1.54) is 0 Å². The fraction of sp³-hybridized carbons (Fsp3) is 0.500. The third-order valence-electron chi connectivity index (χ3n) is 2.90. The molecule has 1 aromatic carbocycles. The van der Waals surface area contributed by atoms with Crippen LogP contribution >= 0.6 is 0 Å². The predicted molar refractivity (Wildman–Crippen MR) is 80.2 cm³/mol. The van der Waals surface area contributed by atoms with Crippen LogP contribution in [0.5, 0.6) is 11.5 Å². The van der Waals surface area contributed by atoms with Crippen molar-refractivity contribution in [3.05, 3.63) is 23.8 Å². The minimum Gasteiger partial charge on any atom is -0.485 e. The molecule has 1 aromatic rings. The van der Waals surface area contributed by atoms with Crippen LogP contribution < -0.4 is 14.8 Å². The van der Waals surface area contributed by atoms with E-state index in [0.717, 1.165) is 0 Å². The molecular weight excluding hydrogens is 286 g/mol. The lowest BCUT2D eigenvalue weighted by atomic mass is 10.1. The van der Waals surface area contributed by atoms with Gasteiger partial charge in [-0.15, -0.1) is 0 Å². The van der Waals surface area contributed by atoms with Crippen molar-refractivity contribution in [3.63, 3.8) is 0 Å². The third-order valence-corrected chi connectivity index (χ3v) is 2.90. The molecule has 22 heavy (non-hydrogen) atoms. The zero-order valence-corrected chi connectivity index (χ0v) is 13.3. The molecule has 1 amide bonds. The molecule has 1 unspecified atom stereocenters. The molecule has 1 atom stereocenters. The van der Waals surface area contributed by atoms with Gasteiger partial charge in [-0.05, 0) is 45.9 Å². The summed E-state index contributed by atoms with van der Waals surface area (Å²) in [6.07, 6.45) is -0.776. The van der Waals surface area contributed by atoms with Crippen molar-refractivity contribution in [2.75, 3.05) is 13.2 Å². The average molecular weight is 307 g/mol. The molecule has 0 aliphatic carbocycles. The van der Waals surface area contributed by atoms with Crippen LogP contribution in [0.15, 0.2) is 18.2 Å². The Morgan fingerprint density at radius 2 is 2.05 bits per heavy atom. The zero-order valence-electron chi connectivity index (χ0n) is 13.3. The van der Waals surface area contributed by atoms with Gasteiger partial charge in [-0.3, -0.25) is 4.79 Å². The fourth-order valence-corrected chi connectivity index (χ4v) is 1.98. The highest BCUT2D eigenvalue weighted by atomic mass is 16.6. The number of benzene rings is 1. The highest BCUT2D eigenvalue weighted by Gasteiger charge is 2.29. The van der Waals surface area contributed by atoms with Crippen LogP contribution in [0.2, 0.25) is 0 Å². The number of carbonyl (C=O) groups excluding carboxylic acids is 2. The maximum absolute atomic E-state index is 12.1. The van der Waals surface area contributed by atoms with Crippen LogP contribution in [-0.2, 0) is 9.53 Å². The summed E-state index contributed by atoms with van der Waals surface area (Å²) in [6, 6.07) is 4.87. The second kappa shape index (κ2) is 6.25. The Hall–Kier alpha value is -2.24. The molecule has 6 nitrogen and oxygen atoms in total. The lowest BCUT2D eigenvalue weighted by Crippen LogP contribution is -2.40. The van der Waals surface area contributed by atoms with E-state index < -0.39 is 12.1 Å². The van der Waals surface area contributed by atoms with Crippen LogP contribution in [0.4, 0.5) is 0 Å². The number of ether oxygens (including phenoxy) is 3. The number of nitrogens with one attached hydrogen (secondary N) is 1. The first-order chi connectivity index (χ1) is 10.3. The van der Waals surface area contributed by atoms with Crippen molar-refractivity contribution in [3.8, 4) is 11.5 Å². The molecule has 0 fully saturated rings. The minimum absolute atomic E-state index is 0.0657. The Balaban J connectivity index is 2.11. The monoisotopic (exact) mass is 307 g/mol. The number of rotatable bonds is 3. The second-order valence-corrected chi connectivity index (χ2v) is 6.04. The number of fused-ring (bicyclic) bond motifs is 1. The van der Waals surface area contributed by atoms with Gasteiger partial charge < -0.3 is 19.5 Å². The summed E-state index contributed by atoms with van der Waals surface area (Å²) in [6.45, 7) is 7.82. The molecule has 0 saturated carbocycles. The largest absolute Gasteiger partial charge is 0.485 e. The van der Waals surface area contributed by atoms with E-state index in [2.05, 4.69) is 5.32 Å². The number of esters is 1. The number of hydrogen-bond donors (Lipinski definition) is 1. The quantitative estimate of drug-likeness (QED) is 0.864. The van der Waals surface area contributed by atoms with Gasteiger partial charge in [0.25, 0.3) is 5.91 Å². The standard InChI is InChI=1S/C16H21NO5/c1-5-20-15(19)13-9-21-12-8-10(6-7-11(12)22-13)14(18)17-16(2,3)4/h6-8,13H,5,9H2,1-4H3,(H,17,18). The first-order valence-electron chi connectivity index (χ1n) is 7.23. The number of carbonyl (C=O) groups is 2. The van der Waals surface area contributed by atoms with Gasteiger partial charge in [-0.25, -0.2) is 4.79 Å². The molecule has 6 heteroatoms. The number of hydrogen-bond acceptors (Lipinski definition) is 5. The van der Waals surface area contributed by atoms with Crippen LogP contribution in [0.1, 0.15) is 38.1 Å². The van der Waals surface area contributed by atoms with Gasteiger partial charge in [-0.2, -0.15) is 0 Å². The zero-order chi connectivity index (χ0) is 16.3. The maximum atomic E-state index is 12.1. The Morgan fingerprint density at radius 1 is 1.32 bits per heavy atom. The van der Waals surface area contributed by atoms with Crippen LogP contribution in [0.3, 0.4) is 0 Å². The van der Waals surface area contributed by atoms with Crippen molar-refractivity contribution >= 4 is 11.9 Å². The smallest absolute Gasteiger partial charge is 0.350 e. The summed E-state index contributed by atoms with van der Waals surface area (Å²) in [5, 5.41) is 2.88. The maximum Gasteiger partial charge on any atom is 0.350 e. The summed E-state index contributed by atoms with van der Waals surface area (Å²) < 4.78 is 16.0. The van der Waals surface area contributed by atoms with Crippen molar-refractivity contribution in [1.29, 1.82) is 0 Å². The van der Waals surface area contributed by atoms with Crippen molar-refractivity contribution in [2.24, 2.45) is 0 Å². The van der Waals surface area contributed by atoms with Crippen molar-refractivity contribution in [2.45, 2.75) is 39.3 Å². The first-order valence-corrected chi connectivity index (χ1v) is 7.23. The van der Waals surface area contributed by atoms with E-state index in [9.17, 15) is 9.59 Å². The topological polar surface area (TPSA) is 73.9 Å². The van der Waals surface area contributed by atoms with Gasteiger partial charge in [-0.1, -0.05) is 0 Å². The molecule has 120 valence electrons. The van der Waals surface area contributed by atoms with Gasteiger partial charge in [0.2, 0.25) is 6.10 Å². The normalized spacial score (nSPS) is 16.8. The molecule has 0 bridgehead atoms. The van der Waals surface area contributed by atoms with Gasteiger partial charge in [0.1, 0.15) is 6.61 Å². The van der Waals surface area contributed by atoms with Gasteiger partial charge in [0.15, 0.2) is 11.5 Å². The van der Waals surface area contributed by atoms with E-state index in [1.807, 2.05) is 20.8 Å². The molecule has 2 rings (SSSR count). The molecule has 0 radical (unpaired) electrons. The van der Waals surface area contributed by atoms with E-state index in [-0.39, 0.29) is 24.7 Å². The fourth-order valence-electron chi connectivity index (χ4n) is 1.98. The first kappa shape index (κ1) is 16.1. The summed E-state index contributed by atoms with van der Waals surface area (Å²) in [5.41, 5.74) is 0.158. The molecule has 0 aromatic heterocycles. The average Bonchev–Trinajstić information content (AvgIpc) is 2.44. The summed E-state index contributed by atoms with van der Waals surface area (Å²) in [4.78, 5) is 23.8. The lowest BCUT2D eigenvalue weighted by molar-refractivity contribution is -0.153. The van der Waals surface area contributed by atoms with Gasteiger partial charge in [0.05, 0.1) is 6.61 Å². The summed E-state index contributed by atoms with van der Waals surface area (Å²) in [5.74, 6) is 0.229. The van der Waals surface area contributed by atoms with E-state index in [0.29, 0.717) is 17.1 Å². The molecule has 0 spiro atoms. The minimum atomic E-state index is -0.776. The van der Waals surface area contributed by atoms with E-state index in [1.54, 1.807) is 25.1 Å². The molecule has 1 aliphatic rings. The summed E-state index contributed by atoms with van der Waals surface area (Å²) in [7, 11) is 0. The number of amides is 1. The van der Waals surface area contributed by atoms with Gasteiger partial charge >= 0.3 is 5.97 Å². The van der Waals surface area contributed by atoms with E-state index in [4.69, 9.17) is 14.2 Å².